The summed E-state index contributed by atoms with van der Waals surface area (Å²) >= 11 is 1.59. The Morgan fingerprint density at radius 1 is 1.58 bits per heavy atom. The Balaban J connectivity index is 2.01. The quantitative estimate of drug-likeness (QED) is 0.777. The number of aromatic amines is 2. The van der Waals surface area contributed by atoms with E-state index in [-0.39, 0.29) is 17.6 Å². The van der Waals surface area contributed by atoms with Crippen molar-refractivity contribution in [3.8, 4) is 0 Å². The van der Waals surface area contributed by atoms with Crippen molar-refractivity contribution in [2.75, 3.05) is 0 Å². The summed E-state index contributed by atoms with van der Waals surface area (Å²) in [6.07, 6.45) is 2.05. The average molecular weight is 280 g/mol. The van der Waals surface area contributed by atoms with Crippen LogP contribution in [0.3, 0.4) is 0 Å². The fourth-order valence-electron chi connectivity index (χ4n) is 1.71. The van der Waals surface area contributed by atoms with Crippen LogP contribution in [-0.2, 0) is 6.42 Å². The monoisotopic (exact) mass is 280 g/mol. The highest BCUT2D eigenvalue weighted by Gasteiger charge is 2.15. The van der Waals surface area contributed by atoms with Crippen molar-refractivity contribution in [3.63, 3.8) is 0 Å². The molecule has 3 N–H and O–H groups in total. The van der Waals surface area contributed by atoms with E-state index in [0.717, 1.165) is 12.8 Å². The van der Waals surface area contributed by atoms with Crippen LogP contribution in [0.25, 0.3) is 0 Å². The van der Waals surface area contributed by atoms with Gasteiger partial charge in [-0.15, -0.1) is 11.3 Å². The zero-order valence-corrected chi connectivity index (χ0v) is 11.6. The molecule has 2 rings (SSSR count). The minimum Gasteiger partial charge on any atom is -0.342 e. The summed E-state index contributed by atoms with van der Waals surface area (Å²) in [5.74, 6) is 0.261. The van der Waals surface area contributed by atoms with Crippen LogP contribution < -0.4 is 11.0 Å². The summed E-state index contributed by atoms with van der Waals surface area (Å²) in [7, 11) is 0. The molecule has 0 aliphatic carbocycles. The van der Waals surface area contributed by atoms with E-state index in [9.17, 15) is 9.59 Å². The lowest BCUT2D eigenvalue weighted by Gasteiger charge is -2.09. The first-order valence-corrected chi connectivity index (χ1v) is 7.01. The third-order valence-electron chi connectivity index (χ3n) is 2.69. The molecule has 2 aromatic heterocycles. The molecule has 7 heteroatoms. The van der Waals surface area contributed by atoms with Gasteiger partial charge in [0.1, 0.15) is 0 Å². The number of thiophene rings is 1. The minimum absolute atomic E-state index is 0.157. The number of carbonyl (C=O) groups excluding carboxylic acids is 1. The SMILES string of the molecule is CCCc1cc(C(=O)NC(C)c2n[nH]c(=O)[nH]2)cs1. The van der Waals surface area contributed by atoms with Crippen molar-refractivity contribution >= 4 is 17.2 Å². The molecule has 1 unspecified atom stereocenters. The van der Waals surface area contributed by atoms with Crippen molar-refractivity contribution in [1.29, 1.82) is 0 Å². The first-order chi connectivity index (χ1) is 9.10. The molecule has 0 saturated carbocycles. The molecule has 1 amide bonds. The third kappa shape index (κ3) is 3.31. The van der Waals surface area contributed by atoms with Crippen molar-refractivity contribution in [2.24, 2.45) is 0 Å². The van der Waals surface area contributed by atoms with E-state index in [1.165, 1.54) is 4.88 Å². The van der Waals surface area contributed by atoms with Gasteiger partial charge in [0.05, 0.1) is 11.6 Å². The lowest BCUT2D eigenvalue weighted by atomic mass is 10.2. The van der Waals surface area contributed by atoms with Gasteiger partial charge in [0.25, 0.3) is 5.91 Å². The van der Waals surface area contributed by atoms with Crippen LogP contribution in [0.2, 0.25) is 0 Å². The second-order valence-corrected chi connectivity index (χ2v) is 5.31. The van der Waals surface area contributed by atoms with Gasteiger partial charge in [0.2, 0.25) is 0 Å². The van der Waals surface area contributed by atoms with E-state index in [1.807, 2.05) is 11.4 Å². The number of nitrogens with zero attached hydrogens (tertiary/aromatic N) is 1. The van der Waals surface area contributed by atoms with Crippen molar-refractivity contribution < 1.29 is 4.79 Å². The number of hydrogen-bond donors (Lipinski definition) is 3. The van der Waals surface area contributed by atoms with Gasteiger partial charge in [-0.3, -0.25) is 9.78 Å². The van der Waals surface area contributed by atoms with Crippen molar-refractivity contribution in [2.45, 2.75) is 32.7 Å². The van der Waals surface area contributed by atoms with Crippen LogP contribution in [0.1, 0.15) is 47.4 Å². The fraction of sp³-hybridized carbons (Fsp3) is 0.417. The molecule has 2 aromatic rings. The lowest BCUT2D eigenvalue weighted by molar-refractivity contribution is 0.0938. The second-order valence-electron chi connectivity index (χ2n) is 4.31. The third-order valence-corrected chi connectivity index (χ3v) is 3.69. The Labute approximate surface area is 114 Å². The molecular weight excluding hydrogens is 264 g/mol. The summed E-state index contributed by atoms with van der Waals surface area (Å²) in [4.78, 5) is 26.7. The van der Waals surface area contributed by atoms with Crippen LogP contribution in [-0.4, -0.2) is 21.1 Å². The molecule has 0 bridgehead atoms. The van der Waals surface area contributed by atoms with E-state index in [2.05, 4.69) is 27.4 Å². The topological polar surface area (TPSA) is 90.6 Å². The zero-order valence-electron chi connectivity index (χ0n) is 10.8. The molecule has 0 aliphatic rings. The Morgan fingerprint density at radius 2 is 2.37 bits per heavy atom. The van der Waals surface area contributed by atoms with Gasteiger partial charge in [0, 0.05) is 10.3 Å². The summed E-state index contributed by atoms with van der Waals surface area (Å²) < 4.78 is 0. The second kappa shape index (κ2) is 5.83. The molecule has 0 saturated heterocycles. The predicted octanol–water partition coefficient (Wildman–Crippen LogP) is 1.60. The Hall–Kier alpha value is -1.89. The van der Waals surface area contributed by atoms with Crippen LogP contribution in [0.15, 0.2) is 16.2 Å². The number of hydrogen-bond acceptors (Lipinski definition) is 4. The van der Waals surface area contributed by atoms with Gasteiger partial charge in [0.15, 0.2) is 5.82 Å². The highest BCUT2D eigenvalue weighted by Crippen LogP contribution is 2.17. The standard InChI is InChI=1S/C12H16N4O2S/c1-3-4-9-5-8(6-19-9)11(17)13-7(2)10-14-12(18)16-15-10/h5-7H,3-4H2,1-2H3,(H,13,17)(H2,14,15,16,18). The first kappa shape index (κ1) is 13.5. The molecule has 1 atom stereocenters. The van der Waals surface area contributed by atoms with Gasteiger partial charge < -0.3 is 5.32 Å². The predicted molar refractivity (Wildman–Crippen MR) is 73.4 cm³/mol. The van der Waals surface area contributed by atoms with Crippen LogP contribution >= 0.6 is 11.3 Å². The van der Waals surface area contributed by atoms with Gasteiger partial charge in [-0.2, -0.15) is 5.10 Å². The van der Waals surface area contributed by atoms with Gasteiger partial charge in [-0.25, -0.2) is 9.89 Å². The van der Waals surface area contributed by atoms with E-state index in [0.29, 0.717) is 11.4 Å². The molecular formula is C12H16N4O2S. The number of aromatic nitrogens is 3. The lowest BCUT2D eigenvalue weighted by Crippen LogP contribution is -2.27. The molecule has 0 spiro atoms. The summed E-state index contributed by atoms with van der Waals surface area (Å²) in [6.45, 7) is 3.87. The fourth-order valence-corrected chi connectivity index (χ4v) is 2.68. The normalized spacial score (nSPS) is 12.3. The summed E-state index contributed by atoms with van der Waals surface area (Å²) in [5.41, 5.74) is 0.273. The smallest absolute Gasteiger partial charge is 0.340 e. The van der Waals surface area contributed by atoms with Gasteiger partial charge >= 0.3 is 5.69 Å². The molecule has 6 nitrogen and oxygen atoms in total. The molecule has 0 radical (unpaired) electrons. The highest BCUT2D eigenvalue weighted by molar-refractivity contribution is 7.10. The zero-order chi connectivity index (χ0) is 13.8. The Morgan fingerprint density at radius 3 is 3.00 bits per heavy atom. The Bertz CT molecular complexity index is 613. The Kier molecular flexibility index (Phi) is 4.16. The van der Waals surface area contributed by atoms with Crippen LogP contribution in [0.4, 0.5) is 0 Å². The van der Waals surface area contributed by atoms with E-state index in [1.54, 1.807) is 18.3 Å². The van der Waals surface area contributed by atoms with Crippen LogP contribution in [0.5, 0.6) is 0 Å². The number of carbonyl (C=O) groups is 1. The first-order valence-electron chi connectivity index (χ1n) is 6.13. The molecule has 0 aliphatic heterocycles. The number of amides is 1. The van der Waals surface area contributed by atoms with E-state index < -0.39 is 0 Å². The molecule has 19 heavy (non-hydrogen) atoms. The minimum atomic E-state index is -0.378. The van der Waals surface area contributed by atoms with Crippen LogP contribution in [0, 0.1) is 0 Å². The maximum absolute atomic E-state index is 12.0. The largest absolute Gasteiger partial charge is 0.342 e. The van der Waals surface area contributed by atoms with Crippen molar-refractivity contribution in [3.05, 3.63) is 38.2 Å². The number of nitrogens with one attached hydrogen (secondary N) is 3. The molecule has 0 fully saturated rings. The average Bonchev–Trinajstić information content (AvgIpc) is 2.98. The molecule has 2 heterocycles. The summed E-state index contributed by atoms with van der Waals surface area (Å²) in [5, 5.41) is 10.7. The van der Waals surface area contributed by atoms with Crippen molar-refractivity contribution in [1.82, 2.24) is 20.5 Å². The number of H-pyrrole nitrogens is 2. The number of aryl methyl sites for hydroxylation is 1. The maximum atomic E-state index is 12.0. The number of rotatable bonds is 5. The van der Waals surface area contributed by atoms with E-state index in [4.69, 9.17) is 0 Å². The highest BCUT2D eigenvalue weighted by atomic mass is 32.1. The molecule has 0 aromatic carbocycles. The molecule has 102 valence electrons. The van der Waals surface area contributed by atoms with Gasteiger partial charge in [-0.05, 0) is 19.4 Å². The van der Waals surface area contributed by atoms with Gasteiger partial charge in [-0.1, -0.05) is 13.3 Å². The van der Waals surface area contributed by atoms with E-state index >= 15 is 0 Å². The summed E-state index contributed by atoms with van der Waals surface area (Å²) in [6, 6.07) is 1.56. The maximum Gasteiger partial charge on any atom is 0.340 e.